The summed E-state index contributed by atoms with van der Waals surface area (Å²) in [5.74, 6) is 2.38. The van der Waals surface area contributed by atoms with E-state index in [1.165, 1.54) is 12.8 Å². The van der Waals surface area contributed by atoms with Crippen molar-refractivity contribution in [2.45, 2.75) is 12.8 Å². The second-order valence-electron chi connectivity index (χ2n) is 5.23. The smallest absolute Gasteiger partial charge is 0.100 e. The average Bonchev–Trinajstić information content (AvgIpc) is 2.98. The summed E-state index contributed by atoms with van der Waals surface area (Å²) in [6, 6.07) is 7.98. The van der Waals surface area contributed by atoms with Crippen molar-refractivity contribution in [1.82, 2.24) is 0 Å². The van der Waals surface area contributed by atoms with Gasteiger partial charge in [0.25, 0.3) is 0 Å². The van der Waals surface area contributed by atoms with E-state index in [0.29, 0.717) is 5.56 Å². The monoisotopic (exact) mass is 302 g/mol. The molecule has 3 rings (SSSR count). The normalized spacial score (nSPS) is 28.3. The Morgan fingerprint density at radius 3 is 2.83 bits per heavy atom. The van der Waals surface area contributed by atoms with Gasteiger partial charge in [0.05, 0.1) is 5.56 Å². The third-order valence-corrected chi connectivity index (χ3v) is 4.73. The highest BCUT2D eigenvalue weighted by molar-refractivity contribution is 9.10. The summed E-state index contributed by atoms with van der Waals surface area (Å²) in [5, 5.41) is 12.4. The molecular formula is C15H15BrN2. The van der Waals surface area contributed by atoms with E-state index in [9.17, 15) is 0 Å². The van der Waals surface area contributed by atoms with Gasteiger partial charge in [0.2, 0.25) is 0 Å². The molecule has 0 aliphatic heterocycles. The highest BCUT2D eigenvalue weighted by atomic mass is 79.9. The molecule has 18 heavy (non-hydrogen) atoms. The number of anilines is 1. The predicted octanol–water partition coefficient (Wildman–Crippen LogP) is 3.94. The Bertz CT molecular complexity index is 530. The molecule has 2 bridgehead atoms. The van der Waals surface area contributed by atoms with Gasteiger partial charge in [-0.3, -0.25) is 0 Å². The maximum atomic E-state index is 8.88. The van der Waals surface area contributed by atoms with Gasteiger partial charge in [-0.25, -0.2) is 0 Å². The third kappa shape index (κ3) is 2.18. The number of nitriles is 1. The van der Waals surface area contributed by atoms with Crippen LogP contribution in [-0.2, 0) is 0 Å². The second kappa shape index (κ2) is 4.78. The Morgan fingerprint density at radius 2 is 2.22 bits per heavy atom. The first kappa shape index (κ1) is 11.8. The minimum Gasteiger partial charge on any atom is -0.385 e. The van der Waals surface area contributed by atoms with Gasteiger partial charge >= 0.3 is 0 Å². The van der Waals surface area contributed by atoms with Crippen LogP contribution < -0.4 is 5.32 Å². The number of fused-ring (bicyclic) bond motifs is 2. The number of benzene rings is 1. The maximum absolute atomic E-state index is 8.88. The van der Waals surface area contributed by atoms with Crippen molar-refractivity contribution in [3.63, 3.8) is 0 Å². The van der Waals surface area contributed by atoms with Gasteiger partial charge in [-0.05, 0) is 64.7 Å². The van der Waals surface area contributed by atoms with Crippen molar-refractivity contribution in [3.05, 3.63) is 40.4 Å². The quantitative estimate of drug-likeness (QED) is 0.858. The number of hydrogen-bond donors (Lipinski definition) is 1. The van der Waals surface area contributed by atoms with Crippen molar-refractivity contribution in [1.29, 1.82) is 5.26 Å². The van der Waals surface area contributed by atoms with Crippen LogP contribution in [0.4, 0.5) is 5.69 Å². The van der Waals surface area contributed by atoms with E-state index in [1.54, 1.807) is 0 Å². The van der Waals surface area contributed by atoms with Crippen LogP contribution >= 0.6 is 15.9 Å². The molecule has 0 heterocycles. The summed E-state index contributed by atoms with van der Waals surface area (Å²) >= 11 is 3.42. The number of nitrogens with zero attached hydrogens (tertiary/aromatic N) is 1. The van der Waals surface area contributed by atoms with Crippen molar-refractivity contribution >= 4 is 21.6 Å². The van der Waals surface area contributed by atoms with Crippen molar-refractivity contribution < 1.29 is 0 Å². The first-order valence-electron chi connectivity index (χ1n) is 6.38. The van der Waals surface area contributed by atoms with Crippen LogP contribution in [0.3, 0.4) is 0 Å². The number of rotatable bonds is 3. The zero-order valence-corrected chi connectivity index (χ0v) is 11.7. The Hall–Kier alpha value is -1.27. The molecule has 1 aromatic rings. The van der Waals surface area contributed by atoms with Crippen LogP contribution in [0.2, 0.25) is 0 Å². The molecule has 1 fully saturated rings. The molecule has 2 aliphatic carbocycles. The maximum Gasteiger partial charge on any atom is 0.100 e. The Morgan fingerprint density at radius 1 is 1.33 bits per heavy atom. The van der Waals surface area contributed by atoms with Crippen molar-refractivity contribution in [2.24, 2.45) is 17.8 Å². The second-order valence-corrected chi connectivity index (χ2v) is 6.08. The van der Waals surface area contributed by atoms with E-state index in [0.717, 1.165) is 34.5 Å². The van der Waals surface area contributed by atoms with Gasteiger partial charge in [0.15, 0.2) is 0 Å². The highest BCUT2D eigenvalue weighted by Gasteiger charge is 2.35. The zero-order valence-electron chi connectivity index (χ0n) is 10.1. The first-order chi connectivity index (χ1) is 8.76. The zero-order chi connectivity index (χ0) is 12.5. The number of hydrogen-bond acceptors (Lipinski definition) is 2. The lowest BCUT2D eigenvalue weighted by Crippen LogP contribution is -2.18. The van der Waals surface area contributed by atoms with Crippen molar-refractivity contribution in [3.8, 4) is 6.07 Å². The van der Waals surface area contributed by atoms with Gasteiger partial charge in [-0.2, -0.15) is 5.26 Å². The fraction of sp³-hybridized carbons (Fsp3) is 0.400. The van der Waals surface area contributed by atoms with Gasteiger partial charge in [-0.1, -0.05) is 12.2 Å². The Kier molecular flexibility index (Phi) is 3.13. The van der Waals surface area contributed by atoms with Crippen LogP contribution in [0.1, 0.15) is 18.4 Å². The van der Waals surface area contributed by atoms with Gasteiger partial charge in [0.1, 0.15) is 6.07 Å². The average molecular weight is 303 g/mol. The van der Waals surface area contributed by atoms with Crippen molar-refractivity contribution in [2.75, 3.05) is 11.9 Å². The highest BCUT2D eigenvalue weighted by Crippen LogP contribution is 2.43. The van der Waals surface area contributed by atoms with E-state index < -0.39 is 0 Å². The third-order valence-electron chi connectivity index (χ3n) is 4.07. The first-order valence-corrected chi connectivity index (χ1v) is 7.17. The molecule has 2 aliphatic rings. The molecule has 0 aromatic heterocycles. The molecule has 0 spiro atoms. The van der Waals surface area contributed by atoms with E-state index in [4.69, 9.17) is 5.26 Å². The topological polar surface area (TPSA) is 35.8 Å². The Balaban J connectivity index is 1.62. The molecule has 3 unspecified atom stereocenters. The summed E-state index contributed by atoms with van der Waals surface area (Å²) in [6.07, 6.45) is 7.43. The van der Waals surface area contributed by atoms with Gasteiger partial charge in [-0.15, -0.1) is 0 Å². The summed E-state index contributed by atoms with van der Waals surface area (Å²) in [7, 11) is 0. The van der Waals surface area contributed by atoms with Gasteiger partial charge in [0, 0.05) is 16.7 Å². The molecule has 92 valence electrons. The van der Waals surface area contributed by atoms with E-state index in [-0.39, 0.29) is 0 Å². The lowest BCUT2D eigenvalue weighted by molar-refractivity contribution is 0.472. The summed E-state index contributed by atoms with van der Waals surface area (Å²) in [4.78, 5) is 0. The van der Waals surface area contributed by atoms with E-state index >= 15 is 0 Å². The molecule has 3 heteroatoms. The largest absolute Gasteiger partial charge is 0.385 e. The minimum absolute atomic E-state index is 0.684. The molecule has 0 saturated heterocycles. The van der Waals surface area contributed by atoms with Crippen LogP contribution in [0.25, 0.3) is 0 Å². The predicted molar refractivity (Wildman–Crippen MR) is 76.2 cm³/mol. The molecule has 2 nitrogen and oxygen atoms in total. The molecule has 0 amide bonds. The standard InChI is InChI=1S/C15H15BrN2/c16-15-7-14(4-3-12(15)8-17)18-9-13-6-10-1-2-11(13)5-10/h1-4,7,10-11,13,18H,5-6,9H2. The van der Waals surface area contributed by atoms with Gasteiger partial charge < -0.3 is 5.32 Å². The number of halogens is 1. The summed E-state index contributed by atoms with van der Waals surface area (Å²) in [6.45, 7) is 1.03. The fourth-order valence-corrected chi connectivity index (χ4v) is 3.56. The SMILES string of the molecule is N#Cc1ccc(NCC2CC3C=CC2C3)cc1Br. The molecule has 3 atom stereocenters. The van der Waals surface area contributed by atoms with Crippen LogP contribution in [0, 0.1) is 29.1 Å². The minimum atomic E-state index is 0.684. The van der Waals surface area contributed by atoms with E-state index in [1.807, 2.05) is 18.2 Å². The molecule has 0 radical (unpaired) electrons. The number of allylic oxidation sites excluding steroid dienone is 2. The lowest BCUT2D eigenvalue weighted by atomic mass is 9.93. The van der Waals surface area contributed by atoms with E-state index in [2.05, 4.69) is 39.5 Å². The van der Waals surface area contributed by atoms with Crippen LogP contribution in [0.5, 0.6) is 0 Å². The summed E-state index contributed by atoms with van der Waals surface area (Å²) in [5.41, 5.74) is 1.77. The summed E-state index contributed by atoms with van der Waals surface area (Å²) < 4.78 is 0.864. The lowest BCUT2D eigenvalue weighted by Gasteiger charge is -2.19. The molecular weight excluding hydrogens is 288 g/mol. The van der Waals surface area contributed by atoms with Crippen LogP contribution in [-0.4, -0.2) is 6.54 Å². The number of nitrogens with one attached hydrogen (secondary N) is 1. The molecule has 1 aromatic carbocycles. The van der Waals surface area contributed by atoms with Crippen LogP contribution in [0.15, 0.2) is 34.8 Å². The Labute approximate surface area is 116 Å². The molecule has 1 saturated carbocycles. The fourth-order valence-electron chi connectivity index (χ4n) is 3.09. The molecule has 1 N–H and O–H groups in total.